The van der Waals surface area contributed by atoms with Crippen LogP contribution in [0, 0.1) is 23.2 Å². The number of amides is 2. The molecule has 2 amide bonds. The molecule has 1 aromatic carbocycles. The average Bonchev–Trinajstić information content (AvgIpc) is 3.96. The highest BCUT2D eigenvalue weighted by Crippen LogP contribution is 2.47. The highest BCUT2D eigenvalue weighted by Gasteiger charge is 2.57. The Morgan fingerprint density at radius 3 is 2.50 bits per heavy atom. The molecule has 3 aliphatic rings. The quantitative estimate of drug-likeness (QED) is 0.177. The molecule has 6 atom stereocenters. The number of benzene rings is 1. The summed E-state index contributed by atoms with van der Waals surface area (Å²) in [6.07, 6.45) is 7.60. The van der Waals surface area contributed by atoms with Crippen LogP contribution in [0.5, 0.6) is 11.6 Å². The summed E-state index contributed by atoms with van der Waals surface area (Å²) < 4.78 is 22.8. The third-order valence-corrected chi connectivity index (χ3v) is 9.19. The van der Waals surface area contributed by atoms with Crippen molar-refractivity contribution >= 4 is 35.1 Å². The molecule has 2 saturated carbocycles. The summed E-state index contributed by atoms with van der Waals surface area (Å²) in [5, 5.41) is 2.83. The lowest BCUT2D eigenvalue weighted by Crippen LogP contribution is -2.57. The van der Waals surface area contributed by atoms with E-state index in [1.807, 2.05) is 32.9 Å². The Balaban J connectivity index is 1.39. The summed E-state index contributed by atoms with van der Waals surface area (Å²) in [5.41, 5.74) is 0.994. The first-order chi connectivity index (χ1) is 22.0. The van der Waals surface area contributed by atoms with Gasteiger partial charge in [-0.15, -0.1) is 6.58 Å². The Bertz CT molecular complexity index is 1480. The van der Waals surface area contributed by atoms with E-state index in [9.17, 15) is 14.4 Å². The van der Waals surface area contributed by atoms with Gasteiger partial charge in [0.15, 0.2) is 0 Å². The third-order valence-electron chi connectivity index (χ3n) is 9.19. The van der Waals surface area contributed by atoms with Crippen LogP contribution < -0.4 is 14.8 Å². The SMILES string of the molecule is C=CCCC[C@@H]1C[C@H]1OC(=O)N[C@H](C(=O)N1C[C@H](Oc2nc3cc(OC)ccc3nc2C=C)[C@@H](C2CC2)[C@H]1C(=O)OC)C(C)(C)C. The van der Waals surface area contributed by atoms with Crippen LogP contribution in [0.25, 0.3) is 17.1 Å². The molecule has 2 aromatic rings. The van der Waals surface area contributed by atoms with Crippen molar-refractivity contribution in [3.63, 3.8) is 0 Å². The van der Waals surface area contributed by atoms with E-state index in [0.717, 1.165) is 38.5 Å². The lowest BCUT2D eigenvalue weighted by Gasteiger charge is -2.35. The van der Waals surface area contributed by atoms with Crippen LogP contribution in [0.3, 0.4) is 0 Å². The number of hydrogen-bond acceptors (Lipinski definition) is 9. The van der Waals surface area contributed by atoms with Gasteiger partial charge < -0.3 is 29.2 Å². The van der Waals surface area contributed by atoms with Gasteiger partial charge >= 0.3 is 12.1 Å². The number of nitrogens with zero attached hydrogens (tertiary/aromatic N) is 3. The lowest BCUT2D eigenvalue weighted by molar-refractivity contribution is -0.154. The Morgan fingerprint density at radius 2 is 1.87 bits per heavy atom. The molecule has 0 spiro atoms. The first-order valence-corrected chi connectivity index (χ1v) is 16.1. The van der Waals surface area contributed by atoms with Crippen LogP contribution in [0.2, 0.25) is 0 Å². The van der Waals surface area contributed by atoms with Gasteiger partial charge in [0.25, 0.3) is 0 Å². The number of ether oxygens (including phenoxy) is 4. The van der Waals surface area contributed by atoms with Gasteiger partial charge in [0.05, 0.1) is 31.8 Å². The van der Waals surface area contributed by atoms with Crippen LogP contribution in [0.1, 0.15) is 65.0 Å². The Morgan fingerprint density at radius 1 is 1.11 bits per heavy atom. The molecule has 0 bridgehead atoms. The molecule has 2 heterocycles. The first-order valence-electron chi connectivity index (χ1n) is 16.1. The first kappa shape index (κ1) is 33.2. The van der Waals surface area contributed by atoms with Crippen molar-refractivity contribution in [1.29, 1.82) is 0 Å². The molecule has 11 heteroatoms. The minimum atomic E-state index is -0.958. The van der Waals surface area contributed by atoms with Crippen molar-refractivity contribution < 1.29 is 33.3 Å². The van der Waals surface area contributed by atoms with Gasteiger partial charge in [-0.2, -0.15) is 0 Å². The second-order valence-electron chi connectivity index (χ2n) is 13.6. The molecule has 2 aliphatic carbocycles. The summed E-state index contributed by atoms with van der Waals surface area (Å²) in [6.45, 7) is 13.4. The van der Waals surface area contributed by atoms with E-state index >= 15 is 0 Å². The molecule has 5 rings (SSSR count). The molecular formula is C35H46N4O7. The number of hydrogen-bond donors (Lipinski definition) is 1. The Kier molecular flexibility index (Phi) is 9.88. The molecule has 1 aliphatic heterocycles. The molecule has 3 fully saturated rings. The molecule has 0 unspecified atom stereocenters. The minimum absolute atomic E-state index is 0.103. The maximum Gasteiger partial charge on any atom is 0.408 e. The number of alkyl carbamates (subject to hydrolysis) is 1. The normalized spacial score (nSPS) is 24.5. The number of carbonyl (C=O) groups is 3. The van der Waals surface area contributed by atoms with Crippen LogP contribution in [-0.2, 0) is 19.1 Å². The number of methoxy groups -OCH3 is 2. The zero-order valence-electron chi connectivity index (χ0n) is 27.5. The van der Waals surface area contributed by atoms with E-state index in [4.69, 9.17) is 23.9 Å². The molecule has 1 aromatic heterocycles. The highest BCUT2D eigenvalue weighted by molar-refractivity contribution is 5.91. The average molecular weight is 635 g/mol. The van der Waals surface area contributed by atoms with E-state index in [2.05, 4.69) is 23.5 Å². The van der Waals surface area contributed by atoms with Gasteiger partial charge in [0.1, 0.15) is 35.7 Å². The molecule has 0 radical (unpaired) electrons. The van der Waals surface area contributed by atoms with Crippen molar-refractivity contribution in [2.75, 3.05) is 20.8 Å². The highest BCUT2D eigenvalue weighted by atomic mass is 16.6. The smallest absolute Gasteiger partial charge is 0.408 e. The van der Waals surface area contributed by atoms with Crippen molar-refractivity contribution in [3.05, 3.63) is 43.1 Å². The second kappa shape index (κ2) is 13.7. The van der Waals surface area contributed by atoms with E-state index in [1.54, 1.807) is 25.3 Å². The maximum absolute atomic E-state index is 14.4. The van der Waals surface area contributed by atoms with Gasteiger partial charge in [0.2, 0.25) is 11.8 Å². The molecule has 1 N–H and O–H groups in total. The van der Waals surface area contributed by atoms with Crippen LogP contribution in [0.15, 0.2) is 37.4 Å². The fourth-order valence-electron chi connectivity index (χ4n) is 6.45. The summed E-state index contributed by atoms with van der Waals surface area (Å²) >= 11 is 0. The molecular weight excluding hydrogens is 588 g/mol. The lowest BCUT2D eigenvalue weighted by atomic mass is 9.85. The maximum atomic E-state index is 14.4. The topological polar surface area (TPSA) is 129 Å². The zero-order valence-corrected chi connectivity index (χ0v) is 27.5. The standard InChI is InChI=1S/C35H46N4O7/c1-8-10-11-12-21-17-26(21)46-34(42)38-30(35(3,4)5)32(40)39-19-27(28(20-13-14-20)29(39)33(41)44-7)45-31-23(9-2)36-24-16-15-22(43-6)18-25(24)37-31/h8-9,15-16,18,20-21,26-30H,1-2,10-14,17,19H2,3-7H3,(H,38,42)/t21-,26-,27+,28-,29+,30-/m1/s1. The molecule has 1 saturated heterocycles. The number of unbranched alkanes of at least 4 members (excludes halogenated alkanes) is 1. The van der Waals surface area contributed by atoms with Gasteiger partial charge in [0, 0.05) is 12.0 Å². The van der Waals surface area contributed by atoms with Crippen molar-refractivity contribution in [1.82, 2.24) is 20.2 Å². The predicted molar refractivity (Wildman–Crippen MR) is 173 cm³/mol. The summed E-state index contributed by atoms with van der Waals surface area (Å²) in [5.74, 6) is 0.110. The van der Waals surface area contributed by atoms with E-state index in [1.165, 1.54) is 12.0 Å². The zero-order chi connectivity index (χ0) is 33.2. The van der Waals surface area contributed by atoms with Crippen molar-refractivity contribution in [2.45, 2.75) is 83.6 Å². The summed E-state index contributed by atoms with van der Waals surface area (Å²) in [4.78, 5) is 51.7. The fourth-order valence-corrected chi connectivity index (χ4v) is 6.45. The van der Waals surface area contributed by atoms with Crippen LogP contribution >= 0.6 is 0 Å². The Hall–Kier alpha value is -4.15. The van der Waals surface area contributed by atoms with E-state index < -0.39 is 41.6 Å². The molecule has 11 nitrogen and oxygen atoms in total. The van der Waals surface area contributed by atoms with E-state index in [0.29, 0.717) is 28.4 Å². The number of rotatable bonds is 13. The van der Waals surface area contributed by atoms with E-state index in [-0.39, 0.29) is 30.4 Å². The third kappa shape index (κ3) is 7.29. The number of nitrogens with one attached hydrogen (secondary N) is 1. The largest absolute Gasteiger partial charge is 0.497 e. The number of aromatic nitrogens is 2. The minimum Gasteiger partial charge on any atom is -0.497 e. The number of likely N-dealkylation sites (tertiary alicyclic amines) is 1. The van der Waals surface area contributed by atoms with Gasteiger partial charge in [-0.1, -0.05) is 33.4 Å². The summed E-state index contributed by atoms with van der Waals surface area (Å²) in [6, 6.07) is 3.53. The van der Waals surface area contributed by atoms with Crippen LogP contribution in [-0.4, -0.2) is 77.9 Å². The van der Waals surface area contributed by atoms with Gasteiger partial charge in [-0.25, -0.2) is 19.6 Å². The van der Waals surface area contributed by atoms with Gasteiger partial charge in [-0.3, -0.25) is 4.79 Å². The predicted octanol–water partition coefficient (Wildman–Crippen LogP) is 5.32. The van der Waals surface area contributed by atoms with Gasteiger partial charge in [-0.05, 0) is 74.0 Å². The summed E-state index contributed by atoms with van der Waals surface area (Å²) in [7, 11) is 2.90. The van der Waals surface area contributed by atoms with Crippen molar-refractivity contribution in [2.24, 2.45) is 23.2 Å². The number of carbonyl (C=O) groups excluding carboxylic acids is 3. The second-order valence-corrected chi connectivity index (χ2v) is 13.6. The Labute approximate surface area is 270 Å². The monoisotopic (exact) mass is 634 g/mol. The fraction of sp³-hybridized carbons (Fsp3) is 0.571. The number of allylic oxidation sites excluding steroid dienone is 1. The molecule has 46 heavy (non-hydrogen) atoms. The number of fused-ring (bicyclic) bond motifs is 1. The molecule has 248 valence electrons. The van der Waals surface area contributed by atoms with Crippen LogP contribution in [0.4, 0.5) is 4.79 Å². The number of esters is 1. The van der Waals surface area contributed by atoms with Crippen molar-refractivity contribution in [3.8, 4) is 11.6 Å².